The van der Waals surface area contributed by atoms with Crippen LogP contribution in [0.5, 0.6) is 0 Å². The summed E-state index contributed by atoms with van der Waals surface area (Å²) in [6.07, 6.45) is 2.91. The van der Waals surface area contributed by atoms with E-state index in [2.05, 4.69) is 9.97 Å². The number of ketones is 1. The minimum absolute atomic E-state index is 0.0767. The molecule has 3 rings (SSSR count). The van der Waals surface area contributed by atoms with E-state index in [-0.39, 0.29) is 5.78 Å². The molecule has 4 heteroatoms. The van der Waals surface area contributed by atoms with Crippen molar-refractivity contribution in [2.75, 3.05) is 0 Å². The third-order valence-corrected chi connectivity index (χ3v) is 3.10. The van der Waals surface area contributed by atoms with Gasteiger partial charge in [0.1, 0.15) is 5.52 Å². The molecule has 0 fully saturated rings. The fourth-order valence-electron chi connectivity index (χ4n) is 2.12. The summed E-state index contributed by atoms with van der Waals surface area (Å²) in [4.78, 5) is 20.7. The third-order valence-electron chi connectivity index (χ3n) is 3.10. The van der Waals surface area contributed by atoms with E-state index < -0.39 is 0 Å². The summed E-state index contributed by atoms with van der Waals surface area (Å²) < 4.78 is 5.65. The molecule has 2 heterocycles. The van der Waals surface area contributed by atoms with Gasteiger partial charge in [-0.15, -0.1) is 0 Å². The molecule has 2 aromatic heterocycles. The van der Waals surface area contributed by atoms with Gasteiger partial charge in [0, 0.05) is 18.2 Å². The van der Waals surface area contributed by atoms with E-state index in [0.717, 1.165) is 12.0 Å². The zero-order valence-electron chi connectivity index (χ0n) is 11.2. The third kappa shape index (κ3) is 2.20. The number of Topliss-reactive ketones (excluding diaryl/α,β-unsaturated/α-hetero) is 1. The van der Waals surface area contributed by atoms with E-state index in [1.165, 1.54) is 0 Å². The van der Waals surface area contributed by atoms with Gasteiger partial charge in [0.2, 0.25) is 11.6 Å². The first-order chi connectivity index (χ1) is 9.79. The highest BCUT2D eigenvalue weighted by atomic mass is 16.4. The summed E-state index contributed by atoms with van der Waals surface area (Å²) in [5.41, 5.74) is 2.41. The van der Waals surface area contributed by atoms with Crippen LogP contribution in [0.4, 0.5) is 0 Å². The number of carbonyl (C=O) groups excluding carboxylic acids is 1. The second-order valence-electron chi connectivity index (χ2n) is 4.57. The highest BCUT2D eigenvalue weighted by Crippen LogP contribution is 2.25. The molecule has 1 aromatic carbocycles. The van der Waals surface area contributed by atoms with Gasteiger partial charge in [-0.1, -0.05) is 25.1 Å². The van der Waals surface area contributed by atoms with Crippen LogP contribution in [0.3, 0.4) is 0 Å². The zero-order chi connectivity index (χ0) is 13.9. The Balaban J connectivity index is 2.12. The SMILES string of the molecule is CCCC(=O)c1ccnc2oc(-c3ccccc3)nc12. The van der Waals surface area contributed by atoms with Gasteiger partial charge in [-0.3, -0.25) is 4.79 Å². The molecular formula is C16H14N2O2. The molecule has 0 aliphatic carbocycles. The van der Waals surface area contributed by atoms with Crippen molar-refractivity contribution < 1.29 is 9.21 Å². The molecule has 20 heavy (non-hydrogen) atoms. The molecule has 100 valence electrons. The Labute approximate surface area is 116 Å². The molecule has 0 saturated heterocycles. The lowest BCUT2D eigenvalue weighted by Crippen LogP contribution is -1.99. The van der Waals surface area contributed by atoms with Crippen LogP contribution < -0.4 is 0 Å². The van der Waals surface area contributed by atoms with Gasteiger partial charge >= 0.3 is 0 Å². The first-order valence-corrected chi connectivity index (χ1v) is 6.63. The van der Waals surface area contributed by atoms with Gasteiger partial charge < -0.3 is 4.42 Å². The monoisotopic (exact) mass is 266 g/mol. The first kappa shape index (κ1) is 12.5. The minimum Gasteiger partial charge on any atom is -0.418 e. The van der Waals surface area contributed by atoms with Crippen LogP contribution in [0.15, 0.2) is 47.0 Å². The maximum atomic E-state index is 12.1. The Morgan fingerprint density at radius 2 is 2.00 bits per heavy atom. The molecule has 0 amide bonds. The Hall–Kier alpha value is -2.49. The number of hydrogen-bond acceptors (Lipinski definition) is 4. The van der Waals surface area contributed by atoms with Gasteiger partial charge in [-0.05, 0) is 24.6 Å². The topological polar surface area (TPSA) is 56.0 Å². The van der Waals surface area contributed by atoms with Crippen LogP contribution in [0.1, 0.15) is 30.1 Å². The molecule has 0 unspecified atom stereocenters. The molecule has 0 saturated carbocycles. The van der Waals surface area contributed by atoms with E-state index in [9.17, 15) is 4.79 Å². The van der Waals surface area contributed by atoms with E-state index >= 15 is 0 Å². The second kappa shape index (κ2) is 5.25. The Kier molecular flexibility index (Phi) is 3.29. The Bertz CT molecular complexity index is 748. The summed E-state index contributed by atoms with van der Waals surface area (Å²) in [5.74, 6) is 0.567. The van der Waals surface area contributed by atoms with Gasteiger partial charge in [0.25, 0.3) is 0 Å². The number of benzene rings is 1. The van der Waals surface area contributed by atoms with Crippen molar-refractivity contribution in [2.24, 2.45) is 0 Å². The van der Waals surface area contributed by atoms with E-state index in [1.54, 1.807) is 12.3 Å². The number of carbonyl (C=O) groups is 1. The Morgan fingerprint density at radius 1 is 1.20 bits per heavy atom. The van der Waals surface area contributed by atoms with Crippen LogP contribution in [0.2, 0.25) is 0 Å². The number of oxazole rings is 1. The van der Waals surface area contributed by atoms with E-state index in [4.69, 9.17) is 4.42 Å². The average Bonchev–Trinajstić information content (AvgIpc) is 2.92. The van der Waals surface area contributed by atoms with Crippen LogP contribution in [-0.4, -0.2) is 15.8 Å². The predicted molar refractivity (Wildman–Crippen MR) is 76.5 cm³/mol. The molecule has 0 N–H and O–H groups in total. The zero-order valence-corrected chi connectivity index (χ0v) is 11.2. The number of nitrogens with zero attached hydrogens (tertiary/aromatic N) is 2. The molecule has 0 radical (unpaired) electrons. The summed E-state index contributed by atoms with van der Waals surface area (Å²) in [6.45, 7) is 1.98. The standard InChI is InChI=1S/C16H14N2O2/c1-2-6-13(19)12-9-10-17-16-14(12)18-15(20-16)11-7-4-3-5-8-11/h3-5,7-10H,2,6H2,1H3. The lowest BCUT2D eigenvalue weighted by atomic mass is 10.1. The molecule has 3 aromatic rings. The lowest BCUT2D eigenvalue weighted by molar-refractivity contribution is 0.0983. The molecular weight excluding hydrogens is 252 g/mol. The van der Waals surface area contributed by atoms with Gasteiger partial charge in [-0.2, -0.15) is 0 Å². The molecule has 0 spiro atoms. The first-order valence-electron chi connectivity index (χ1n) is 6.63. The fourth-order valence-corrected chi connectivity index (χ4v) is 2.12. The summed E-state index contributed by atoms with van der Waals surface area (Å²) in [6, 6.07) is 11.3. The van der Waals surface area contributed by atoms with Crippen LogP contribution in [0, 0.1) is 0 Å². The molecule has 4 nitrogen and oxygen atoms in total. The van der Waals surface area contributed by atoms with Crippen LogP contribution in [0.25, 0.3) is 22.7 Å². The highest BCUT2D eigenvalue weighted by Gasteiger charge is 2.16. The molecule has 0 aliphatic rings. The van der Waals surface area contributed by atoms with Gasteiger partial charge in [-0.25, -0.2) is 9.97 Å². The average molecular weight is 266 g/mol. The van der Waals surface area contributed by atoms with E-state index in [0.29, 0.717) is 29.1 Å². The van der Waals surface area contributed by atoms with Crippen molar-refractivity contribution >= 4 is 17.0 Å². The highest BCUT2D eigenvalue weighted by molar-refractivity contribution is 6.05. The molecule has 0 atom stereocenters. The number of fused-ring (bicyclic) bond motifs is 1. The van der Waals surface area contributed by atoms with Crippen molar-refractivity contribution in [3.8, 4) is 11.5 Å². The number of pyridine rings is 1. The van der Waals surface area contributed by atoms with Crippen molar-refractivity contribution in [3.05, 3.63) is 48.2 Å². The number of rotatable bonds is 4. The predicted octanol–water partition coefficient (Wildman–Crippen LogP) is 3.87. The van der Waals surface area contributed by atoms with Crippen LogP contribution in [-0.2, 0) is 0 Å². The molecule has 0 bridgehead atoms. The quantitative estimate of drug-likeness (QED) is 0.672. The van der Waals surface area contributed by atoms with Crippen molar-refractivity contribution in [3.63, 3.8) is 0 Å². The number of hydrogen-bond donors (Lipinski definition) is 0. The summed E-state index contributed by atoms with van der Waals surface area (Å²) in [5, 5.41) is 0. The normalized spacial score (nSPS) is 10.8. The van der Waals surface area contributed by atoms with Crippen molar-refractivity contribution in [2.45, 2.75) is 19.8 Å². The maximum Gasteiger partial charge on any atom is 0.248 e. The van der Waals surface area contributed by atoms with E-state index in [1.807, 2.05) is 37.3 Å². The minimum atomic E-state index is 0.0767. The number of aromatic nitrogens is 2. The maximum absolute atomic E-state index is 12.1. The summed E-state index contributed by atoms with van der Waals surface area (Å²) >= 11 is 0. The van der Waals surface area contributed by atoms with Crippen LogP contribution >= 0.6 is 0 Å². The largest absolute Gasteiger partial charge is 0.418 e. The van der Waals surface area contributed by atoms with Gasteiger partial charge in [0.15, 0.2) is 5.78 Å². The lowest BCUT2D eigenvalue weighted by Gasteiger charge is -1.97. The van der Waals surface area contributed by atoms with Crippen molar-refractivity contribution in [1.29, 1.82) is 0 Å². The summed E-state index contributed by atoms with van der Waals surface area (Å²) in [7, 11) is 0. The smallest absolute Gasteiger partial charge is 0.248 e. The fraction of sp³-hybridized carbons (Fsp3) is 0.188. The van der Waals surface area contributed by atoms with Gasteiger partial charge in [0.05, 0.1) is 5.56 Å². The van der Waals surface area contributed by atoms with Crippen molar-refractivity contribution in [1.82, 2.24) is 9.97 Å². The second-order valence-corrected chi connectivity index (χ2v) is 4.57. The Morgan fingerprint density at radius 3 is 2.75 bits per heavy atom. The molecule has 0 aliphatic heterocycles.